The van der Waals surface area contributed by atoms with Crippen LogP contribution >= 0.6 is 0 Å². The Morgan fingerprint density at radius 3 is 2.12 bits per heavy atom. The Bertz CT molecular complexity index is 997. The Morgan fingerprint density at radius 2 is 1.53 bits per heavy atom. The third kappa shape index (κ3) is 5.07. The van der Waals surface area contributed by atoms with Gasteiger partial charge in [-0.1, -0.05) is 36.4 Å². The normalized spacial score (nSPS) is 22.7. The number of ether oxygens (including phenoxy) is 1. The Labute approximate surface area is 197 Å². The molecule has 34 heavy (non-hydrogen) atoms. The van der Waals surface area contributed by atoms with Crippen molar-refractivity contribution in [2.75, 3.05) is 37.6 Å². The summed E-state index contributed by atoms with van der Waals surface area (Å²) in [6.07, 6.45) is -1.89. The number of carboxylic acid groups (broad SMARTS) is 1. The Hall–Kier alpha value is -3.79. The predicted molar refractivity (Wildman–Crippen MR) is 123 cm³/mol. The van der Waals surface area contributed by atoms with E-state index in [1.54, 1.807) is 34.6 Å². The number of anilines is 1. The summed E-state index contributed by atoms with van der Waals surface area (Å²) < 4.78 is 5.90. The molecule has 3 amide bonds. The van der Waals surface area contributed by atoms with Crippen molar-refractivity contribution in [3.8, 4) is 5.75 Å². The van der Waals surface area contributed by atoms with Gasteiger partial charge in [-0.25, -0.2) is 10.3 Å². The maximum Gasteiger partial charge on any atom is 0.408 e. The van der Waals surface area contributed by atoms with E-state index in [2.05, 4.69) is 4.90 Å². The van der Waals surface area contributed by atoms with Gasteiger partial charge in [0.15, 0.2) is 0 Å². The average molecular weight is 469 g/mol. The van der Waals surface area contributed by atoms with Crippen LogP contribution in [0.5, 0.6) is 5.75 Å². The molecule has 2 aromatic rings. The quantitative estimate of drug-likeness (QED) is 0.451. The van der Waals surface area contributed by atoms with Crippen LogP contribution in [0.25, 0.3) is 0 Å². The smallest absolute Gasteiger partial charge is 0.408 e. The number of nitrogens with one attached hydrogen (secondary N) is 1. The first-order valence-electron chi connectivity index (χ1n) is 11.2. The van der Waals surface area contributed by atoms with Crippen LogP contribution in [0.2, 0.25) is 0 Å². The third-order valence-electron chi connectivity index (χ3n) is 6.34. The summed E-state index contributed by atoms with van der Waals surface area (Å²) in [5.74, 6) is -1.82. The molecule has 10 heteroatoms. The zero-order chi connectivity index (χ0) is 24.1. The molecule has 10 nitrogen and oxygen atoms in total. The van der Waals surface area contributed by atoms with Gasteiger partial charge in [0.25, 0.3) is 0 Å². The number of nitrogens with zero attached hydrogens (tertiary/aromatic N) is 3. The van der Waals surface area contributed by atoms with Crippen molar-refractivity contribution in [1.82, 2.24) is 15.3 Å². The van der Waals surface area contributed by atoms with Crippen molar-refractivity contribution in [3.63, 3.8) is 0 Å². The van der Waals surface area contributed by atoms with Crippen LogP contribution in [-0.2, 0) is 9.59 Å². The van der Waals surface area contributed by atoms with Gasteiger partial charge in [0.2, 0.25) is 11.8 Å². The number of hydrogen-bond donors (Lipinski definition) is 3. The molecule has 0 spiro atoms. The van der Waals surface area contributed by atoms with Gasteiger partial charge >= 0.3 is 6.09 Å². The van der Waals surface area contributed by atoms with Gasteiger partial charge in [0, 0.05) is 38.3 Å². The molecule has 2 aliphatic rings. The van der Waals surface area contributed by atoms with Crippen LogP contribution < -0.4 is 15.1 Å². The lowest BCUT2D eigenvalue weighted by Crippen LogP contribution is -2.64. The van der Waals surface area contributed by atoms with Crippen LogP contribution in [-0.4, -0.2) is 82.9 Å². The van der Waals surface area contributed by atoms with E-state index in [1.165, 1.54) is 0 Å². The third-order valence-corrected chi connectivity index (χ3v) is 6.34. The van der Waals surface area contributed by atoms with E-state index in [4.69, 9.17) is 4.74 Å². The first kappa shape index (κ1) is 23.4. The van der Waals surface area contributed by atoms with E-state index in [0.29, 0.717) is 31.9 Å². The summed E-state index contributed by atoms with van der Waals surface area (Å²) in [6.45, 7) is 1.91. The zero-order valence-corrected chi connectivity index (χ0v) is 18.6. The van der Waals surface area contributed by atoms with Crippen molar-refractivity contribution >= 4 is 23.6 Å². The molecule has 3 N–H and O–H groups in total. The van der Waals surface area contributed by atoms with Crippen molar-refractivity contribution < 1.29 is 29.4 Å². The molecule has 2 aromatic carbocycles. The van der Waals surface area contributed by atoms with E-state index in [9.17, 15) is 24.7 Å². The van der Waals surface area contributed by atoms with Crippen molar-refractivity contribution in [2.24, 2.45) is 5.92 Å². The molecule has 0 radical (unpaired) electrons. The van der Waals surface area contributed by atoms with Crippen LogP contribution in [0, 0.1) is 5.92 Å². The molecular weight excluding hydrogens is 440 g/mol. The van der Waals surface area contributed by atoms with Gasteiger partial charge in [-0.3, -0.25) is 19.7 Å². The predicted octanol–water partition coefficient (Wildman–Crippen LogP) is 1.66. The van der Waals surface area contributed by atoms with Crippen LogP contribution in [0.1, 0.15) is 6.42 Å². The van der Waals surface area contributed by atoms with Gasteiger partial charge in [-0.2, -0.15) is 0 Å². The largest absolute Gasteiger partial charge is 0.489 e. The first-order valence-corrected chi connectivity index (χ1v) is 11.2. The van der Waals surface area contributed by atoms with Crippen molar-refractivity contribution in [3.05, 3.63) is 60.7 Å². The highest BCUT2D eigenvalue weighted by Crippen LogP contribution is 2.29. The second-order valence-corrected chi connectivity index (χ2v) is 8.40. The minimum atomic E-state index is -1.32. The number of piperidine rings is 1. The molecular formula is C24H28N4O6. The summed E-state index contributed by atoms with van der Waals surface area (Å²) in [5.41, 5.74) is 2.66. The SMILES string of the molecule is O=C(NO)C1CC(Oc2ccccc2)CN(C(=O)O)[C@@H]1C(=O)N1CCN(c2ccccc2)CC1. The van der Waals surface area contributed by atoms with E-state index in [1.807, 2.05) is 36.4 Å². The highest BCUT2D eigenvalue weighted by molar-refractivity contribution is 5.92. The number of hydrogen-bond acceptors (Lipinski definition) is 6. The minimum Gasteiger partial charge on any atom is -0.489 e. The zero-order valence-electron chi connectivity index (χ0n) is 18.6. The standard InChI is InChI=1S/C24H28N4O6/c29-22(25-33)20-15-19(34-18-9-5-2-6-10-18)16-28(24(31)32)21(20)23(30)27-13-11-26(12-14-27)17-7-3-1-4-8-17/h1-10,19-21,33H,11-16H2,(H,25,29)(H,31,32)/t19?,20?,21-/m0/s1. The fraction of sp³-hybridized carbons (Fsp3) is 0.375. The van der Waals surface area contributed by atoms with Gasteiger partial charge < -0.3 is 19.6 Å². The summed E-state index contributed by atoms with van der Waals surface area (Å²) >= 11 is 0. The lowest BCUT2D eigenvalue weighted by atomic mass is 9.86. The number of rotatable bonds is 5. The first-order chi connectivity index (χ1) is 16.5. The second kappa shape index (κ2) is 10.4. The molecule has 2 heterocycles. The van der Waals surface area contributed by atoms with E-state index >= 15 is 0 Å². The number of amides is 3. The molecule has 3 atom stereocenters. The minimum absolute atomic E-state index is 0.0696. The average Bonchev–Trinajstić information content (AvgIpc) is 2.88. The van der Waals surface area contributed by atoms with Gasteiger partial charge in [-0.15, -0.1) is 0 Å². The molecule has 2 aliphatic heterocycles. The Kier molecular flexibility index (Phi) is 7.17. The van der Waals surface area contributed by atoms with E-state index in [0.717, 1.165) is 10.6 Å². The number of carbonyl (C=O) groups is 3. The molecule has 4 rings (SSSR count). The molecule has 2 fully saturated rings. The molecule has 180 valence electrons. The number of hydroxylamine groups is 1. The highest BCUT2D eigenvalue weighted by Gasteiger charge is 2.48. The summed E-state index contributed by atoms with van der Waals surface area (Å²) in [7, 11) is 0. The molecule has 2 unspecified atom stereocenters. The molecule has 0 bridgehead atoms. The lowest BCUT2D eigenvalue weighted by molar-refractivity contribution is -0.150. The fourth-order valence-corrected chi connectivity index (χ4v) is 4.66. The topological polar surface area (TPSA) is 123 Å². The molecule has 0 aromatic heterocycles. The van der Waals surface area contributed by atoms with Gasteiger partial charge in [0.1, 0.15) is 17.9 Å². The number of para-hydroxylation sites is 2. The summed E-state index contributed by atoms with van der Waals surface area (Å²) in [5, 5.41) is 19.2. The molecule has 0 aliphatic carbocycles. The maximum atomic E-state index is 13.5. The summed E-state index contributed by atoms with van der Waals surface area (Å²) in [6, 6.07) is 17.4. The molecule has 0 saturated carbocycles. The Morgan fingerprint density at radius 1 is 0.912 bits per heavy atom. The molecule has 2 saturated heterocycles. The summed E-state index contributed by atoms with van der Waals surface area (Å²) in [4.78, 5) is 42.9. The fourth-order valence-electron chi connectivity index (χ4n) is 4.66. The number of benzene rings is 2. The number of piperazine rings is 1. The van der Waals surface area contributed by atoms with Crippen molar-refractivity contribution in [1.29, 1.82) is 0 Å². The van der Waals surface area contributed by atoms with E-state index < -0.39 is 36.0 Å². The lowest BCUT2D eigenvalue weighted by Gasteiger charge is -2.44. The van der Waals surface area contributed by atoms with Crippen molar-refractivity contribution in [2.45, 2.75) is 18.6 Å². The number of likely N-dealkylation sites (tertiary alicyclic amines) is 1. The van der Waals surface area contributed by atoms with E-state index in [-0.39, 0.29) is 13.0 Å². The monoisotopic (exact) mass is 468 g/mol. The van der Waals surface area contributed by atoms with Gasteiger partial charge in [-0.05, 0) is 24.3 Å². The Balaban J connectivity index is 1.50. The van der Waals surface area contributed by atoms with Crippen LogP contribution in [0.15, 0.2) is 60.7 Å². The van der Waals surface area contributed by atoms with Crippen LogP contribution in [0.4, 0.5) is 10.5 Å². The van der Waals surface area contributed by atoms with Crippen LogP contribution in [0.3, 0.4) is 0 Å². The van der Waals surface area contributed by atoms with Gasteiger partial charge in [0.05, 0.1) is 12.5 Å². The number of carbonyl (C=O) groups excluding carboxylic acids is 2. The second-order valence-electron chi connectivity index (χ2n) is 8.40. The maximum absolute atomic E-state index is 13.5. The highest BCUT2D eigenvalue weighted by atomic mass is 16.5.